The SMILES string of the molecule is N#CC(CCCCN1CCN(c2ccccc2F)CC1)(c1ccccc1)c1ccccc1. The summed E-state index contributed by atoms with van der Waals surface area (Å²) < 4.78 is 14.1. The molecule has 1 fully saturated rings. The first-order valence-corrected chi connectivity index (χ1v) is 11.5. The summed E-state index contributed by atoms with van der Waals surface area (Å²) in [5.74, 6) is -0.143. The van der Waals surface area contributed by atoms with Crippen molar-refractivity contribution in [1.82, 2.24) is 4.90 Å². The van der Waals surface area contributed by atoms with Gasteiger partial charge in [0.1, 0.15) is 11.2 Å². The van der Waals surface area contributed by atoms with Crippen LogP contribution in [0.15, 0.2) is 84.9 Å². The summed E-state index contributed by atoms with van der Waals surface area (Å²) >= 11 is 0. The second kappa shape index (κ2) is 10.4. The lowest BCUT2D eigenvalue weighted by Gasteiger charge is -2.36. The van der Waals surface area contributed by atoms with E-state index in [1.807, 2.05) is 48.5 Å². The quantitative estimate of drug-likeness (QED) is 0.437. The van der Waals surface area contributed by atoms with Gasteiger partial charge in [0, 0.05) is 26.2 Å². The van der Waals surface area contributed by atoms with Crippen LogP contribution in [0.5, 0.6) is 0 Å². The number of hydrogen-bond acceptors (Lipinski definition) is 3. The number of para-hydroxylation sites is 1. The molecule has 1 heterocycles. The number of rotatable bonds is 8. The first-order valence-electron chi connectivity index (χ1n) is 11.5. The molecule has 164 valence electrons. The molecular weight excluding hydrogens is 397 g/mol. The molecule has 4 heteroatoms. The standard InChI is InChI=1S/C28H30FN3/c29-26-15-7-8-16-27(26)32-21-19-31(20-22-32)18-10-9-17-28(23-30,24-11-3-1-4-12-24)25-13-5-2-6-14-25/h1-8,11-16H,9-10,17-22H2. The third-order valence-electron chi connectivity index (χ3n) is 6.57. The van der Waals surface area contributed by atoms with Crippen molar-refractivity contribution in [2.45, 2.75) is 24.7 Å². The van der Waals surface area contributed by atoms with Gasteiger partial charge in [-0.25, -0.2) is 4.39 Å². The van der Waals surface area contributed by atoms with Crippen LogP contribution in [0.1, 0.15) is 30.4 Å². The summed E-state index contributed by atoms with van der Waals surface area (Å²) in [6.45, 7) is 4.58. The first kappa shape index (κ1) is 22.0. The highest BCUT2D eigenvalue weighted by molar-refractivity contribution is 5.48. The normalized spacial score (nSPS) is 14.8. The Morgan fingerprint density at radius 1 is 0.750 bits per heavy atom. The third-order valence-corrected chi connectivity index (χ3v) is 6.57. The highest BCUT2D eigenvalue weighted by Gasteiger charge is 2.33. The monoisotopic (exact) mass is 427 g/mol. The molecule has 3 aromatic carbocycles. The summed E-state index contributed by atoms with van der Waals surface area (Å²) in [7, 11) is 0. The molecule has 3 aromatic rings. The third kappa shape index (κ3) is 4.84. The summed E-state index contributed by atoms with van der Waals surface area (Å²) in [4.78, 5) is 4.59. The number of benzene rings is 3. The molecule has 4 rings (SSSR count). The number of hydrogen-bond donors (Lipinski definition) is 0. The van der Waals surface area contributed by atoms with E-state index in [0.29, 0.717) is 5.69 Å². The van der Waals surface area contributed by atoms with Crippen LogP contribution in [0, 0.1) is 17.1 Å². The Balaban J connectivity index is 1.34. The van der Waals surface area contributed by atoms with Crippen LogP contribution in [-0.2, 0) is 5.41 Å². The van der Waals surface area contributed by atoms with E-state index in [9.17, 15) is 9.65 Å². The fourth-order valence-corrected chi connectivity index (χ4v) is 4.73. The Hall–Kier alpha value is -3.16. The van der Waals surface area contributed by atoms with Gasteiger partial charge < -0.3 is 4.90 Å². The Morgan fingerprint density at radius 3 is 1.88 bits per heavy atom. The van der Waals surface area contributed by atoms with Crippen molar-refractivity contribution >= 4 is 5.69 Å². The molecule has 0 amide bonds. The van der Waals surface area contributed by atoms with E-state index in [2.05, 4.69) is 40.1 Å². The Labute approximate surface area is 190 Å². The Morgan fingerprint density at radius 2 is 1.31 bits per heavy atom. The van der Waals surface area contributed by atoms with Crippen LogP contribution in [0.2, 0.25) is 0 Å². The first-order chi connectivity index (χ1) is 15.7. The number of piperazine rings is 1. The minimum atomic E-state index is -0.619. The lowest BCUT2D eigenvalue weighted by Crippen LogP contribution is -2.46. The maximum Gasteiger partial charge on any atom is 0.146 e. The van der Waals surface area contributed by atoms with E-state index in [1.165, 1.54) is 6.07 Å². The van der Waals surface area contributed by atoms with Gasteiger partial charge in [-0.15, -0.1) is 0 Å². The molecule has 0 spiro atoms. The summed E-state index contributed by atoms with van der Waals surface area (Å²) in [6.07, 6.45) is 2.82. The van der Waals surface area contributed by atoms with Gasteiger partial charge in [0.15, 0.2) is 0 Å². The molecule has 1 saturated heterocycles. The van der Waals surface area contributed by atoms with Gasteiger partial charge in [-0.1, -0.05) is 72.8 Å². The second-order valence-electron chi connectivity index (χ2n) is 8.49. The van der Waals surface area contributed by atoms with Crippen LogP contribution in [0.3, 0.4) is 0 Å². The van der Waals surface area contributed by atoms with Crippen LogP contribution in [0.25, 0.3) is 0 Å². The molecule has 3 nitrogen and oxygen atoms in total. The van der Waals surface area contributed by atoms with E-state index < -0.39 is 5.41 Å². The van der Waals surface area contributed by atoms with E-state index in [4.69, 9.17) is 0 Å². The molecule has 0 aliphatic carbocycles. The van der Waals surface area contributed by atoms with E-state index in [-0.39, 0.29) is 5.82 Å². The van der Waals surface area contributed by atoms with Gasteiger partial charge in [0.2, 0.25) is 0 Å². The maximum atomic E-state index is 14.1. The molecule has 0 atom stereocenters. The molecule has 0 bridgehead atoms. The summed E-state index contributed by atoms with van der Waals surface area (Å²) in [5, 5.41) is 10.3. The van der Waals surface area contributed by atoms with Crippen molar-refractivity contribution in [2.75, 3.05) is 37.6 Å². The van der Waals surface area contributed by atoms with Gasteiger partial charge in [-0.2, -0.15) is 5.26 Å². The van der Waals surface area contributed by atoms with Crippen LogP contribution in [0.4, 0.5) is 10.1 Å². The largest absolute Gasteiger partial charge is 0.367 e. The highest BCUT2D eigenvalue weighted by Crippen LogP contribution is 2.36. The lowest BCUT2D eigenvalue weighted by molar-refractivity contribution is 0.250. The van der Waals surface area contributed by atoms with Crippen LogP contribution < -0.4 is 4.90 Å². The molecule has 0 N–H and O–H groups in total. The average molecular weight is 428 g/mol. The second-order valence-corrected chi connectivity index (χ2v) is 8.49. The number of nitrogens with zero attached hydrogens (tertiary/aromatic N) is 3. The van der Waals surface area contributed by atoms with Crippen LogP contribution >= 0.6 is 0 Å². The van der Waals surface area contributed by atoms with Crippen molar-refractivity contribution in [2.24, 2.45) is 0 Å². The number of unbranched alkanes of at least 4 members (excludes halogenated alkanes) is 1. The number of halogens is 1. The number of anilines is 1. The van der Waals surface area contributed by atoms with Gasteiger partial charge >= 0.3 is 0 Å². The van der Waals surface area contributed by atoms with Crippen molar-refractivity contribution in [3.63, 3.8) is 0 Å². The Kier molecular flexibility index (Phi) is 7.19. The van der Waals surface area contributed by atoms with Crippen molar-refractivity contribution in [3.8, 4) is 6.07 Å². The zero-order valence-electron chi connectivity index (χ0n) is 18.5. The molecule has 32 heavy (non-hydrogen) atoms. The topological polar surface area (TPSA) is 30.3 Å². The number of nitriles is 1. The molecule has 0 aromatic heterocycles. The molecule has 0 unspecified atom stereocenters. The minimum absolute atomic E-state index is 0.143. The van der Waals surface area contributed by atoms with Crippen molar-refractivity contribution in [1.29, 1.82) is 5.26 Å². The zero-order valence-corrected chi connectivity index (χ0v) is 18.5. The predicted octanol–water partition coefficient (Wildman–Crippen LogP) is 5.63. The fourth-order valence-electron chi connectivity index (χ4n) is 4.73. The molecule has 1 aliphatic rings. The Bertz CT molecular complexity index is 982. The van der Waals surface area contributed by atoms with Crippen molar-refractivity contribution in [3.05, 3.63) is 102 Å². The smallest absolute Gasteiger partial charge is 0.146 e. The van der Waals surface area contributed by atoms with Crippen molar-refractivity contribution < 1.29 is 4.39 Å². The molecule has 0 radical (unpaired) electrons. The predicted molar refractivity (Wildman–Crippen MR) is 128 cm³/mol. The summed E-state index contributed by atoms with van der Waals surface area (Å²) in [5.41, 5.74) is 2.21. The average Bonchev–Trinajstić information content (AvgIpc) is 2.86. The van der Waals surface area contributed by atoms with Gasteiger partial charge in [0.25, 0.3) is 0 Å². The van der Waals surface area contributed by atoms with Gasteiger partial charge in [0.05, 0.1) is 11.8 Å². The zero-order chi connectivity index (χ0) is 22.2. The van der Waals surface area contributed by atoms with Crippen LogP contribution in [-0.4, -0.2) is 37.6 Å². The van der Waals surface area contributed by atoms with E-state index in [1.54, 1.807) is 6.07 Å². The fraction of sp³-hybridized carbons (Fsp3) is 0.321. The van der Waals surface area contributed by atoms with E-state index in [0.717, 1.165) is 63.1 Å². The van der Waals surface area contributed by atoms with E-state index >= 15 is 0 Å². The minimum Gasteiger partial charge on any atom is -0.367 e. The summed E-state index contributed by atoms with van der Waals surface area (Å²) in [6, 6.07) is 30.0. The molecule has 1 aliphatic heterocycles. The highest BCUT2D eigenvalue weighted by atomic mass is 19.1. The lowest BCUT2D eigenvalue weighted by atomic mass is 9.72. The van der Waals surface area contributed by atoms with Gasteiger partial charge in [-0.3, -0.25) is 4.90 Å². The van der Waals surface area contributed by atoms with Gasteiger partial charge in [-0.05, 0) is 49.1 Å². The maximum absolute atomic E-state index is 14.1. The molecule has 0 saturated carbocycles. The molecular formula is C28H30FN3.